The van der Waals surface area contributed by atoms with Gasteiger partial charge in [0, 0.05) is 33.1 Å². The fourth-order valence-electron chi connectivity index (χ4n) is 0.980. The molecule has 1 amide bonds. The van der Waals surface area contributed by atoms with E-state index < -0.39 is 0 Å². The number of carbonyl (C=O) groups is 2. The van der Waals surface area contributed by atoms with E-state index in [1.165, 1.54) is 6.92 Å². The van der Waals surface area contributed by atoms with Crippen LogP contribution in [0, 0.1) is 0 Å². The SMILES string of the molecule is CC(=O)N1CCNCC1.CC=O. The first-order valence-electron chi connectivity index (χ1n) is 4.08. The van der Waals surface area contributed by atoms with E-state index >= 15 is 0 Å². The summed E-state index contributed by atoms with van der Waals surface area (Å²) in [5.41, 5.74) is 0. The molecule has 0 aromatic carbocycles. The Labute approximate surface area is 72.9 Å². The number of hydrogen-bond acceptors (Lipinski definition) is 3. The van der Waals surface area contributed by atoms with E-state index in [9.17, 15) is 4.79 Å². The summed E-state index contributed by atoms with van der Waals surface area (Å²) in [6.45, 7) is 6.69. The first-order chi connectivity index (χ1) is 5.72. The van der Waals surface area contributed by atoms with Crippen LogP contribution in [0.25, 0.3) is 0 Å². The Balaban J connectivity index is 0.000000354. The van der Waals surface area contributed by atoms with Crippen LogP contribution in [-0.2, 0) is 9.59 Å². The Kier molecular flexibility index (Phi) is 6.28. The van der Waals surface area contributed by atoms with Gasteiger partial charge < -0.3 is 15.0 Å². The van der Waals surface area contributed by atoms with Crippen molar-refractivity contribution in [2.24, 2.45) is 0 Å². The van der Waals surface area contributed by atoms with Gasteiger partial charge >= 0.3 is 0 Å². The van der Waals surface area contributed by atoms with Crippen molar-refractivity contribution in [3.05, 3.63) is 0 Å². The van der Waals surface area contributed by atoms with Crippen LogP contribution in [0.1, 0.15) is 13.8 Å². The molecule has 1 aliphatic rings. The fourth-order valence-corrected chi connectivity index (χ4v) is 0.980. The zero-order valence-electron chi connectivity index (χ0n) is 7.67. The summed E-state index contributed by atoms with van der Waals surface area (Å²) >= 11 is 0. The Morgan fingerprint density at radius 2 is 1.83 bits per heavy atom. The number of carbonyl (C=O) groups excluding carboxylic acids is 2. The molecule has 1 rings (SSSR count). The molecule has 1 fully saturated rings. The molecule has 4 heteroatoms. The Bertz CT molecular complexity index is 142. The standard InChI is InChI=1S/C6H12N2O.C2H4O/c1-6(9)8-4-2-7-3-5-8;1-2-3/h7H,2-5H2,1H3;2H,1H3. The van der Waals surface area contributed by atoms with Crippen molar-refractivity contribution in [1.82, 2.24) is 10.2 Å². The maximum absolute atomic E-state index is 10.7. The molecular weight excluding hydrogens is 156 g/mol. The fraction of sp³-hybridized carbons (Fsp3) is 0.750. The first-order valence-corrected chi connectivity index (χ1v) is 4.08. The van der Waals surface area contributed by atoms with Gasteiger partial charge in [-0.15, -0.1) is 0 Å². The third-order valence-corrected chi connectivity index (χ3v) is 1.56. The molecule has 1 heterocycles. The highest BCUT2D eigenvalue weighted by Gasteiger charge is 2.10. The summed E-state index contributed by atoms with van der Waals surface area (Å²) in [6, 6.07) is 0. The third-order valence-electron chi connectivity index (χ3n) is 1.56. The lowest BCUT2D eigenvalue weighted by Crippen LogP contribution is -2.45. The highest BCUT2D eigenvalue weighted by atomic mass is 16.2. The molecule has 1 saturated heterocycles. The molecule has 0 aliphatic carbocycles. The average molecular weight is 172 g/mol. The Morgan fingerprint density at radius 3 is 2.08 bits per heavy atom. The van der Waals surface area contributed by atoms with Gasteiger partial charge in [0.2, 0.25) is 5.91 Å². The minimum Gasteiger partial charge on any atom is -0.340 e. The average Bonchev–Trinajstić information content (AvgIpc) is 2.07. The summed E-state index contributed by atoms with van der Waals surface area (Å²) in [5, 5.41) is 3.18. The van der Waals surface area contributed by atoms with Gasteiger partial charge in [0.25, 0.3) is 0 Å². The van der Waals surface area contributed by atoms with Gasteiger partial charge in [-0.3, -0.25) is 4.79 Å². The number of amides is 1. The van der Waals surface area contributed by atoms with Gasteiger partial charge in [0.1, 0.15) is 6.29 Å². The monoisotopic (exact) mass is 172 g/mol. The number of nitrogens with zero attached hydrogens (tertiary/aromatic N) is 1. The first kappa shape index (κ1) is 11.1. The molecule has 0 bridgehead atoms. The predicted molar refractivity (Wildman–Crippen MR) is 46.9 cm³/mol. The van der Waals surface area contributed by atoms with Crippen LogP contribution >= 0.6 is 0 Å². The predicted octanol–water partition coefficient (Wildman–Crippen LogP) is -0.357. The summed E-state index contributed by atoms with van der Waals surface area (Å²) in [7, 11) is 0. The van der Waals surface area contributed by atoms with E-state index in [1.807, 2.05) is 4.90 Å². The van der Waals surface area contributed by atoms with Gasteiger partial charge in [-0.05, 0) is 6.92 Å². The normalized spacial score (nSPS) is 16.0. The molecule has 4 nitrogen and oxygen atoms in total. The van der Waals surface area contributed by atoms with Crippen molar-refractivity contribution < 1.29 is 9.59 Å². The molecular formula is C8H16N2O2. The number of rotatable bonds is 0. The van der Waals surface area contributed by atoms with Crippen molar-refractivity contribution in [2.45, 2.75) is 13.8 Å². The summed E-state index contributed by atoms with van der Waals surface area (Å²) in [4.78, 5) is 21.4. The van der Waals surface area contributed by atoms with Crippen LogP contribution in [0.2, 0.25) is 0 Å². The maximum atomic E-state index is 10.7. The molecule has 0 atom stereocenters. The molecule has 0 saturated carbocycles. The third kappa shape index (κ3) is 4.85. The molecule has 0 aromatic heterocycles. The smallest absolute Gasteiger partial charge is 0.219 e. The lowest BCUT2D eigenvalue weighted by Gasteiger charge is -2.25. The van der Waals surface area contributed by atoms with E-state index in [0.29, 0.717) is 0 Å². The molecule has 0 aromatic rings. The van der Waals surface area contributed by atoms with Crippen molar-refractivity contribution in [3.63, 3.8) is 0 Å². The molecule has 0 radical (unpaired) electrons. The molecule has 12 heavy (non-hydrogen) atoms. The van der Waals surface area contributed by atoms with Crippen LogP contribution in [-0.4, -0.2) is 43.3 Å². The number of nitrogens with one attached hydrogen (secondary N) is 1. The van der Waals surface area contributed by atoms with Crippen LogP contribution in [0.15, 0.2) is 0 Å². The Morgan fingerprint density at radius 1 is 1.42 bits per heavy atom. The second-order valence-electron chi connectivity index (χ2n) is 2.49. The van der Waals surface area contributed by atoms with Gasteiger partial charge in [0.15, 0.2) is 0 Å². The van der Waals surface area contributed by atoms with E-state index in [2.05, 4.69) is 5.32 Å². The van der Waals surface area contributed by atoms with Gasteiger partial charge in [-0.1, -0.05) is 0 Å². The van der Waals surface area contributed by atoms with Crippen LogP contribution < -0.4 is 5.32 Å². The second kappa shape index (κ2) is 6.79. The minimum absolute atomic E-state index is 0.191. The maximum Gasteiger partial charge on any atom is 0.219 e. The molecule has 1 N–H and O–H groups in total. The zero-order chi connectivity index (χ0) is 9.40. The molecule has 0 unspecified atom stereocenters. The lowest BCUT2D eigenvalue weighted by molar-refractivity contribution is -0.129. The number of piperazine rings is 1. The van der Waals surface area contributed by atoms with Crippen LogP contribution in [0.5, 0.6) is 0 Å². The summed E-state index contributed by atoms with van der Waals surface area (Å²) in [6.07, 6.45) is 0.750. The minimum atomic E-state index is 0.191. The van der Waals surface area contributed by atoms with E-state index in [-0.39, 0.29) is 5.91 Å². The van der Waals surface area contributed by atoms with Gasteiger partial charge in [-0.25, -0.2) is 0 Å². The van der Waals surface area contributed by atoms with Crippen LogP contribution in [0.4, 0.5) is 0 Å². The highest BCUT2D eigenvalue weighted by Crippen LogP contribution is 1.90. The number of hydrogen-bond donors (Lipinski definition) is 1. The summed E-state index contributed by atoms with van der Waals surface area (Å²) < 4.78 is 0. The zero-order valence-corrected chi connectivity index (χ0v) is 7.67. The molecule has 0 spiro atoms. The quantitative estimate of drug-likeness (QED) is 0.508. The molecule has 70 valence electrons. The van der Waals surface area contributed by atoms with Gasteiger partial charge in [-0.2, -0.15) is 0 Å². The second-order valence-corrected chi connectivity index (χ2v) is 2.49. The topological polar surface area (TPSA) is 49.4 Å². The van der Waals surface area contributed by atoms with E-state index in [4.69, 9.17) is 4.79 Å². The summed E-state index contributed by atoms with van der Waals surface area (Å²) in [5.74, 6) is 0.191. The number of aldehydes is 1. The van der Waals surface area contributed by atoms with E-state index in [0.717, 1.165) is 32.5 Å². The van der Waals surface area contributed by atoms with Crippen molar-refractivity contribution in [3.8, 4) is 0 Å². The molecule has 1 aliphatic heterocycles. The van der Waals surface area contributed by atoms with Crippen molar-refractivity contribution >= 4 is 12.2 Å². The highest BCUT2D eigenvalue weighted by molar-refractivity contribution is 5.73. The lowest BCUT2D eigenvalue weighted by atomic mass is 10.4. The largest absolute Gasteiger partial charge is 0.340 e. The van der Waals surface area contributed by atoms with Crippen LogP contribution in [0.3, 0.4) is 0 Å². The Hall–Kier alpha value is -0.900. The van der Waals surface area contributed by atoms with Crippen molar-refractivity contribution in [1.29, 1.82) is 0 Å². The van der Waals surface area contributed by atoms with E-state index in [1.54, 1.807) is 6.92 Å². The van der Waals surface area contributed by atoms with Crippen molar-refractivity contribution in [2.75, 3.05) is 26.2 Å². The van der Waals surface area contributed by atoms with Gasteiger partial charge in [0.05, 0.1) is 0 Å².